The number of aryl methyl sites for hydroxylation is 1. The lowest BCUT2D eigenvalue weighted by Crippen LogP contribution is -2.35. The molecule has 1 fully saturated rings. The maximum absolute atomic E-state index is 6.04. The Balaban J connectivity index is 0.00000147. The van der Waals surface area contributed by atoms with Gasteiger partial charge in [0.15, 0.2) is 0 Å². The van der Waals surface area contributed by atoms with Crippen LogP contribution in [0.2, 0.25) is 5.28 Å². The number of piperidine rings is 1. The first-order valence-corrected chi connectivity index (χ1v) is 7.02. The number of rotatable bonds is 2. The maximum Gasteiger partial charge on any atom is 0.224 e. The number of nitrogens with zero attached hydrogens (tertiary/aromatic N) is 2. The minimum absolute atomic E-state index is 0. The molecule has 1 aliphatic heterocycles. The van der Waals surface area contributed by atoms with Gasteiger partial charge in [-0.1, -0.05) is 12.1 Å². The zero-order valence-corrected chi connectivity index (χ0v) is 12.9. The van der Waals surface area contributed by atoms with Crippen LogP contribution in [0.3, 0.4) is 0 Å². The first-order chi connectivity index (χ1) is 9.24. The average Bonchev–Trinajstić information content (AvgIpc) is 2.41. The van der Waals surface area contributed by atoms with Gasteiger partial charge in [-0.2, -0.15) is 0 Å². The van der Waals surface area contributed by atoms with Gasteiger partial charge in [0.2, 0.25) is 5.28 Å². The van der Waals surface area contributed by atoms with Gasteiger partial charge in [-0.3, -0.25) is 0 Å². The van der Waals surface area contributed by atoms with E-state index < -0.39 is 0 Å². The van der Waals surface area contributed by atoms with Gasteiger partial charge in [0, 0.05) is 11.4 Å². The standard InChI is InChI=1S/C14H17ClN4.ClH/c1-9-3-2-4-11-12(9)18-14(15)19-13(11)17-10-5-7-16-8-6-10;/h2-4,10,16H,5-8H2,1H3,(H,17,18,19);1H. The Morgan fingerprint density at radius 1 is 1.25 bits per heavy atom. The largest absolute Gasteiger partial charge is 0.367 e. The summed E-state index contributed by atoms with van der Waals surface area (Å²) in [6, 6.07) is 6.57. The Morgan fingerprint density at radius 2 is 2.00 bits per heavy atom. The Morgan fingerprint density at radius 3 is 2.75 bits per heavy atom. The normalized spacial score (nSPS) is 15.9. The van der Waals surface area contributed by atoms with Crippen molar-refractivity contribution in [2.75, 3.05) is 18.4 Å². The van der Waals surface area contributed by atoms with Crippen LogP contribution >= 0.6 is 24.0 Å². The average molecular weight is 313 g/mol. The highest BCUT2D eigenvalue weighted by atomic mass is 35.5. The number of para-hydroxylation sites is 1. The van der Waals surface area contributed by atoms with E-state index in [-0.39, 0.29) is 12.4 Å². The lowest BCUT2D eigenvalue weighted by atomic mass is 10.1. The van der Waals surface area contributed by atoms with Crippen LogP contribution in [-0.2, 0) is 0 Å². The highest BCUT2D eigenvalue weighted by Crippen LogP contribution is 2.25. The number of aromatic nitrogens is 2. The molecular weight excluding hydrogens is 295 g/mol. The van der Waals surface area contributed by atoms with Gasteiger partial charge in [-0.05, 0) is 56.1 Å². The molecule has 4 nitrogen and oxygen atoms in total. The highest BCUT2D eigenvalue weighted by Gasteiger charge is 2.15. The number of anilines is 1. The van der Waals surface area contributed by atoms with Gasteiger partial charge in [0.1, 0.15) is 5.82 Å². The number of halogens is 2. The molecule has 20 heavy (non-hydrogen) atoms. The minimum atomic E-state index is 0. The summed E-state index contributed by atoms with van der Waals surface area (Å²) in [6.45, 7) is 4.14. The second-order valence-corrected chi connectivity index (χ2v) is 5.32. The summed E-state index contributed by atoms with van der Waals surface area (Å²) < 4.78 is 0. The fourth-order valence-corrected chi connectivity index (χ4v) is 2.71. The summed E-state index contributed by atoms with van der Waals surface area (Å²) in [6.07, 6.45) is 2.21. The fourth-order valence-electron chi connectivity index (χ4n) is 2.54. The van der Waals surface area contributed by atoms with E-state index in [1.54, 1.807) is 0 Å². The summed E-state index contributed by atoms with van der Waals surface area (Å²) in [5.74, 6) is 0.852. The molecule has 108 valence electrons. The number of nitrogens with one attached hydrogen (secondary N) is 2. The lowest BCUT2D eigenvalue weighted by Gasteiger charge is -2.24. The Hall–Kier alpha value is -1.10. The smallest absolute Gasteiger partial charge is 0.224 e. The summed E-state index contributed by atoms with van der Waals surface area (Å²) >= 11 is 6.04. The van der Waals surface area contributed by atoms with E-state index in [1.165, 1.54) is 0 Å². The molecule has 0 atom stereocenters. The van der Waals surface area contributed by atoms with E-state index >= 15 is 0 Å². The van der Waals surface area contributed by atoms with Crippen molar-refractivity contribution in [2.24, 2.45) is 0 Å². The van der Waals surface area contributed by atoms with Crippen LogP contribution in [0.15, 0.2) is 18.2 Å². The molecule has 1 aromatic heterocycles. The summed E-state index contributed by atoms with van der Waals surface area (Å²) in [4.78, 5) is 8.69. The Labute approximate surface area is 129 Å². The molecule has 0 amide bonds. The van der Waals surface area contributed by atoms with E-state index in [9.17, 15) is 0 Å². The van der Waals surface area contributed by atoms with E-state index in [2.05, 4.69) is 20.6 Å². The van der Waals surface area contributed by atoms with Crippen molar-refractivity contribution in [3.05, 3.63) is 29.0 Å². The zero-order chi connectivity index (χ0) is 13.2. The molecule has 1 saturated heterocycles. The SMILES string of the molecule is Cc1cccc2c(NC3CCNCC3)nc(Cl)nc12.Cl. The molecule has 1 aromatic carbocycles. The molecule has 0 aliphatic carbocycles. The molecule has 3 rings (SSSR count). The predicted molar refractivity (Wildman–Crippen MR) is 86.0 cm³/mol. The molecule has 0 spiro atoms. The molecule has 0 saturated carbocycles. The van der Waals surface area contributed by atoms with Gasteiger partial charge in [0.25, 0.3) is 0 Å². The number of benzene rings is 1. The molecule has 0 bridgehead atoms. The van der Waals surface area contributed by atoms with Crippen LogP contribution in [0, 0.1) is 6.92 Å². The third-order valence-corrected chi connectivity index (χ3v) is 3.75. The third kappa shape index (κ3) is 3.14. The third-order valence-electron chi connectivity index (χ3n) is 3.58. The molecule has 0 unspecified atom stereocenters. The van der Waals surface area contributed by atoms with Gasteiger partial charge in [0.05, 0.1) is 5.52 Å². The van der Waals surface area contributed by atoms with Crippen molar-refractivity contribution in [1.29, 1.82) is 0 Å². The molecule has 1 aliphatic rings. The predicted octanol–water partition coefficient (Wildman–Crippen LogP) is 3.18. The van der Waals surface area contributed by atoms with E-state index in [1.807, 2.05) is 25.1 Å². The van der Waals surface area contributed by atoms with Crippen molar-refractivity contribution >= 4 is 40.7 Å². The van der Waals surface area contributed by atoms with Gasteiger partial charge >= 0.3 is 0 Å². The molecule has 2 aromatic rings. The van der Waals surface area contributed by atoms with Crippen LogP contribution in [-0.4, -0.2) is 29.1 Å². The number of hydrogen-bond acceptors (Lipinski definition) is 4. The van der Waals surface area contributed by atoms with Crippen LogP contribution in [0.25, 0.3) is 10.9 Å². The van der Waals surface area contributed by atoms with Crippen molar-refractivity contribution in [3.63, 3.8) is 0 Å². The Kier molecular flexibility index (Phi) is 5.02. The second kappa shape index (κ2) is 6.57. The highest BCUT2D eigenvalue weighted by molar-refractivity contribution is 6.28. The Bertz CT molecular complexity index is 597. The van der Waals surface area contributed by atoms with Gasteiger partial charge in [-0.25, -0.2) is 9.97 Å². The molecule has 2 heterocycles. The summed E-state index contributed by atoms with van der Waals surface area (Å²) in [5, 5.41) is 8.22. The fraction of sp³-hybridized carbons (Fsp3) is 0.429. The van der Waals surface area contributed by atoms with Crippen molar-refractivity contribution in [3.8, 4) is 0 Å². The van der Waals surface area contributed by atoms with Crippen LogP contribution in [0.4, 0.5) is 5.82 Å². The van der Waals surface area contributed by atoms with Gasteiger partial charge < -0.3 is 10.6 Å². The molecule has 2 N–H and O–H groups in total. The van der Waals surface area contributed by atoms with E-state index in [4.69, 9.17) is 11.6 Å². The first kappa shape index (κ1) is 15.3. The van der Waals surface area contributed by atoms with Crippen molar-refractivity contribution in [1.82, 2.24) is 15.3 Å². The van der Waals surface area contributed by atoms with Crippen LogP contribution in [0.5, 0.6) is 0 Å². The van der Waals surface area contributed by atoms with Crippen LogP contribution < -0.4 is 10.6 Å². The maximum atomic E-state index is 6.04. The molecular formula is C14H18Cl2N4. The monoisotopic (exact) mass is 312 g/mol. The summed E-state index contributed by atoms with van der Waals surface area (Å²) in [7, 11) is 0. The zero-order valence-electron chi connectivity index (χ0n) is 11.3. The van der Waals surface area contributed by atoms with Crippen molar-refractivity contribution < 1.29 is 0 Å². The van der Waals surface area contributed by atoms with Crippen LogP contribution in [0.1, 0.15) is 18.4 Å². The quantitative estimate of drug-likeness (QED) is 0.836. The first-order valence-electron chi connectivity index (χ1n) is 6.64. The van der Waals surface area contributed by atoms with E-state index in [0.29, 0.717) is 11.3 Å². The number of fused-ring (bicyclic) bond motifs is 1. The minimum Gasteiger partial charge on any atom is -0.367 e. The molecule has 0 radical (unpaired) electrons. The summed E-state index contributed by atoms with van der Waals surface area (Å²) in [5.41, 5.74) is 2.05. The second-order valence-electron chi connectivity index (χ2n) is 4.98. The topological polar surface area (TPSA) is 49.8 Å². The van der Waals surface area contributed by atoms with Crippen molar-refractivity contribution in [2.45, 2.75) is 25.8 Å². The van der Waals surface area contributed by atoms with Gasteiger partial charge in [-0.15, -0.1) is 12.4 Å². The number of hydrogen-bond donors (Lipinski definition) is 2. The molecule has 6 heteroatoms. The lowest BCUT2D eigenvalue weighted by molar-refractivity contribution is 0.478. The van der Waals surface area contributed by atoms with E-state index in [0.717, 1.165) is 48.2 Å².